The number of hydrogen-bond acceptors (Lipinski definition) is 4. The number of benzene rings is 1. The van der Waals surface area contributed by atoms with E-state index in [4.69, 9.17) is 15.7 Å². The lowest BCUT2D eigenvalue weighted by molar-refractivity contribution is 0.209. The Hall–Kier alpha value is -2.38. The second-order valence-corrected chi connectivity index (χ2v) is 3.73. The maximum atomic E-state index is 8.71. The van der Waals surface area contributed by atoms with E-state index in [0.717, 1.165) is 5.69 Å². The molecule has 0 saturated carbocycles. The quantitative estimate of drug-likeness (QED) is 0.886. The minimum Gasteiger partial charge on any atom is -0.483 e. The fourth-order valence-electron chi connectivity index (χ4n) is 1.57. The van der Waals surface area contributed by atoms with E-state index in [1.165, 1.54) is 0 Å². The van der Waals surface area contributed by atoms with Crippen molar-refractivity contribution in [2.75, 3.05) is 6.54 Å². The number of pyridine rings is 1. The van der Waals surface area contributed by atoms with Gasteiger partial charge in [-0.05, 0) is 36.4 Å². The summed E-state index contributed by atoms with van der Waals surface area (Å²) >= 11 is 0. The summed E-state index contributed by atoms with van der Waals surface area (Å²) in [7, 11) is 0. The van der Waals surface area contributed by atoms with E-state index in [-0.39, 0.29) is 6.10 Å². The topological polar surface area (TPSA) is 71.9 Å². The number of nitriles is 1. The molecule has 0 amide bonds. The molecule has 2 N–H and O–H groups in total. The minimum atomic E-state index is -0.279. The average Bonchev–Trinajstić information content (AvgIpc) is 2.46. The highest BCUT2D eigenvalue weighted by molar-refractivity contribution is 5.34. The van der Waals surface area contributed by atoms with Crippen LogP contribution in [0.5, 0.6) is 5.75 Å². The van der Waals surface area contributed by atoms with Crippen LogP contribution in [0.25, 0.3) is 0 Å². The van der Waals surface area contributed by atoms with Gasteiger partial charge in [-0.1, -0.05) is 6.07 Å². The summed E-state index contributed by atoms with van der Waals surface area (Å²) in [4.78, 5) is 4.22. The molecular formula is C14H13N3O. The van der Waals surface area contributed by atoms with Gasteiger partial charge in [0, 0.05) is 12.7 Å². The second-order valence-electron chi connectivity index (χ2n) is 3.73. The number of ether oxygens (including phenoxy) is 1. The summed E-state index contributed by atoms with van der Waals surface area (Å²) in [6.07, 6.45) is 1.43. The van der Waals surface area contributed by atoms with Gasteiger partial charge >= 0.3 is 0 Å². The summed E-state index contributed by atoms with van der Waals surface area (Å²) in [5, 5.41) is 8.71. The molecule has 90 valence electrons. The van der Waals surface area contributed by atoms with Crippen LogP contribution in [-0.4, -0.2) is 11.5 Å². The minimum absolute atomic E-state index is 0.279. The van der Waals surface area contributed by atoms with E-state index in [1.54, 1.807) is 30.5 Å². The van der Waals surface area contributed by atoms with E-state index in [9.17, 15) is 0 Å². The van der Waals surface area contributed by atoms with Gasteiger partial charge in [0.1, 0.15) is 5.75 Å². The molecule has 0 spiro atoms. The smallest absolute Gasteiger partial charge is 0.153 e. The van der Waals surface area contributed by atoms with Crippen LogP contribution in [0.3, 0.4) is 0 Å². The summed E-state index contributed by atoms with van der Waals surface area (Å²) in [5.74, 6) is 0.676. The van der Waals surface area contributed by atoms with Gasteiger partial charge in [-0.15, -0.1) is 0 Å². The van der Waals surface area contributed by atoms with Crippen LogP contribution in [0, 0.1) is 11.3 Å². The van der Waals surface area contributed by atoms with Gasteiger partial charge in [-0.3, -0.25) is 4.98 Å². The molecule has 1 aromatic carbocycles. The molecule has 2 rings (SSSR count). The normalized spacial score (nSPS) is 11.6. The highest BCUT2D eigenvalue weighted by Crippen LogP contribution is 2.20. The number of hydrogen-bond donors (Lipinski definition) is 1. The van der Waals surface area contributed by atoms with Gasteiger partial charge in [0.25, 0.3) is 0 Å². The average molecular weight is 239 g/mol. The molecule has 18 heavy (non-hydrogen) atoms. The van der Waals surface area contributed by atoms with E-state index in [0.29, 0.717) is 17.9 Å². The first-order valence-corrected chi connectivity index (χ1v) is 5.61. The van der Waals surface area contributed by atoms with Crippen molar-refractivity contribution in [3.05, 3.63) is 59.9 Å². The fraction of sp³-hybridized carbons (Fsp3) is 0.143. The van der Waals surface area contributed by atoms with Crippen LogP contribution in [0.2, 0.25) is 0 Å². The summed E-state index contributed by atoms with van der Waals surface area (Å²) in [5.41, 5.74) is 7.09. The van der Waals surface area contributed by atoms with Crippen molar-refractivity contribution < 1.29 is 4.74 Å². The molecule has 1 unspecified atom stereocenters. The molecule has 4 nitrogen and oxygen atoms in total. The van der Waals surface area contributed by atoms with Gasteiger partial charge in [0.05, 0.1) is 17.3 Å². The fourth-order valence-corrected chi connectivity index (χ4v) is 1.57. The van der Waals surface area contributed by atoms with Crippen molar-refractivity contribution in [1.82, 2.24) is 4.98 Å². The number of rotatable bonds is 4. The first-order valence-electron chi connectivity index (χ1n) is 5.61. The third kappa shape index (κ3) is 2.84. The predicted molar refractivity (Wildman–Crippen MR) is 67.8 cm³/mol. The highest BCUT2D eigenvalue weighted by Gasteiger charge is 2.12. The van der Waals surface area contributed by atoms with Crippen LogP contribution in [0.4, 0.5) is 0 Å². The summed E-state index contributed by atoms with van der Waals surface area (Å²) in [6.45, 7) is 0.344. The molecule has 0 aliphatic carbocycles. The third-order valence-electron chi connectivity index (χ3n) is 2.49. The Morgan fingerprint density at radius 2 is 2.00 bits per heavy atom. The number of aromatic nitrogens is 1. The van der Waals surface area contributed by atoms with E-state index in [1.807, 2.05) is 18.2 Å². The van der Waals surface area contributed by atoms with E-state index >= 15 is 0 Å². The zero-order chi connectivity index (χ0) is 12.8. The third-order valence-corrected chi connectivity index (χ3v) is 2.49. The molecule has 1 atom stereocenters. The molecule has 0 aliphatic heterocycles. The first-order chi connectivity index (χ1) is 8.83. The molecule has 2 aromatic rings. The lowest BCUT2D eigenvalue weighted by Crippen LogP contribution is -2.19. The SMILES string of the molecule is N#Cc1ccc(OC(CN)c2ccccn2)cc1. The Bertz CT molecular complexity index is 531. The Kier molecular flexibility index (Phi) is 3.90. The Morgan fingerprint density at radius 1 is 1.22 bits per heavy atom. The lowest BCUT2D eigenvalue weighted by Gasteiger charge is -2.16. The molecule has 0 aliphatic rings. The largest absolute Gasteiger partial charge is 0.483 e. The van der Waals surface area contributed by atoms with Crippen molar-refractivity contribution in [3.8, 4) is 11.8 Å². The maximum absolute atomic E-state index is 8.71. The Balaban J connectivity index is 2.13. The second kappa shape index (κ2) is 5.80. The van der Waals surface area contributed by atoms with Gasteiger partial charge in [0.2, 0.25) is 0 Å². The molecule has 0 fully saturated rings. The highest BCUT2D eigenvalue weighted by atomic mass is 16.5. The molecule has 0 bridgehead atoms. The Morgan fingerprint density at radius 3 is 2.56 bits per heavy atom. The molecule has 1 aromatic heterocycles. The van der Waals surface area contributed by atoms with Gasteiger partial charge in [0.15, 0.2) is 6.10 Å². The zero-order valence-electron chi connectivity index (χ0n) is 9.78. The van der Waals surface area contributed by atoms with E-state index < -0.39 is 0 Å². The first kappa shape index (κ1) is 12.1. The summed E-state index contributed by atoms with van der Waals surface area (Å²) in [6, 6.07) is 14.6. The van der Waals surface area contributed by atoms with Crippen LogP contribution >= 0.6 is 0 Å². The van der Waals surface area contributed by atoms with Gasteiger partial charge in [-0.2, -0.15) is 5.26 Å². The lowest BCUT2D eigenvalue weighted by atomic mass is 10.2. The van der Waals surface area contributed by atoms with E-state index in [2.05, 4.69) is 11.1 Å². The molecule has 4 heteroatoms. The van der Waals surface area contributed by atoms with Crippen molar-refractivity contribution >= 4 is 0 Å². The Labute approximate surface area is 106 Å². The van der Waals surface area contributed by atoms with Crippen molar-refractivity contribution in [2.24, 2.45) is 5.73 Å². The van der Waals surface area contributed by atoms with Crippen LogP contribution in [0.1, 0.15) is 17.4 Å². The molecule has 1 heterocycles. The maximum Gasteiger partial charge on any atom is 0.153 e. The molecule has 0 radical (unpaired) electrons. The van der Waals surface area contributed by atoms with Gasteiger partial charge in [-0.25, -0.2) is 0 Å². The number of nitrogens with zero attached hydrogens (tertiary/aromatic N) is 2. The van der Waals surface area contributed by atoms with Crippen molar-refractivity contribution in [2.45, 2.75) is 6.10 Å². The molecular weight excluding hydrogens is 226 g/mol. The summed E-state index contributed by atoms with van der Waals surface area (Å²) < 4.78 is 5.75. The number of nitrogens with two attached hydrogens (primary N) is 1. The molecule has 0 saturated heterocycles. The van der Waals surface area contributed by atoms with Crippen LogP contribution in [0.15, 0.2) is 48.7 Å². The standard InChI is InChI=1S/C14H13N3O/c15-9-11-4-6-12(7-5-11)18-14(10-16)13-3-1-2-8-17-13/h1-8,14H,10,16H2. The van der Waals surface area contributed by atoms with Crippen LogP contribution in [-0.2, 0) is 0 Å². The zero-order valence-corrected chi connectivity index (χ0v) is 9.78. The van der Waals surface area contributed by atoms with Crippen molar-refractivity contribution in [1.29, 1.82) is 5.26 Å². The van der Waals surface area contributed by atoms with Gasteiger partial charge < -0.3 is 10.5 Å². The predicted octanol–water partition coefficient (Wildman–Crippen LogP) is 2.03. The monoisotopic (exact) mass is 239 g/mol. The van der Waals surface area contributed by atoms with Crippen LogP contribution < -0.4 is 10.5 Å². The van der Waals surface area contributed by atoms with Crippen molar-refractivity contribution in [3.63, 3.8) is 0 Å².